The molecule has 1 aliphatic heterocycles. The Morgan fingerprint density at radius 3 is 3.05 bits per heavy atom. The number of pyridine rings is 1. The summed E-state index contributed by atoms with van der Waals surface area (Å²) in [6, 6.07) is 4.99. The summed E-state index contributed by atoms with van der Waals surface area (Å²) in [6.07, 6.45) is 2.41. The van der Waals surface area contributed by atoms with Gasteiger partial charge in [0.1, 0.15) is 6.54 Å². The van der Waals surface area contributed by atoms with E-state index in [0.717, 1.165) is 6.42 Å². The first kappa shape index (κ1) is 12.9. The van der Waals surface area contributed by atoms with Gasteiger partial charge in [-0.3, -0.25) is 9.59 Å². The number of aromatic nitrogens is 1. The number of hydrogen-bond donors (Lipinski definition) is 1. The van der Waals surface area contributed by atoms with Crippen LogP contribution in [0.1, 0.15) is 10.4 Å². The number of thiophene rings is 1. The predicted octanol–water partition coefficient (Wildman–Crippen LogP) is 1.08. The molecule has 2 aromatic rings. The van der Waals surface area contributed by atoms with Gasteiger partial charge in [-0.25, -0.2) is 0 Å². The molecule has 3 rings (SSSR count). The predicted molar refractivity (Wildman–Crippen MR) is 78.6 cm³/mol. The Labute approximate surface area is 120 Å². The van der Waals surface area contributed by atoms with Crippen LogP contribution in [0.2, 0.25) is 0 Å². The van der Waals surface area contributed by atoms with Crippen molar-refractivity contribution < 1.29 is 4.79 Å². The molecule has 1 amide bonds. The van der Waals surface area contributed by atoms with Crippen LogP contribution in [0.4, 0.5) is 5.69 Å². The van der Waals surface area contributed by atoms with Crippen molar-refractivity contribution in [3.63, 3.8) is 0 Å². The maximum atomic E-state index is 12.3. The van der Waals surface area contributed by atoms with Crippen LogP contribution in [0.5, 0.6) is 0 Å². The molecule has 6 heteroatoms. The highest BCUT2D eigenvalue weighted by atomic mass is 32.1. The minimum absolute atomic E-state index is 0.0450. The third-order valence-corrected chi connectivity index (χ3v) is 4.50. The summed E-state index contributed by atoms with van der Waals surface area (Å²) in [7, 11) is 0. The molecule has 2 aromatic heterocycles. The zero-order valence-electron chi connectivity index (χ0n) is 10.9. The van der Waals surface area contributed by atoms with Crippen LogP contribution in [0, 0.1) is 0 Å². The summed E-state index contributed by atoms with van der Waals surface area (Å²) in [6.45, 7) is 1.39. The summed E-state index contributed by atoms with van der Waals surface area (Å²) >= 11 is 1.74. The number of nitrogen functional groups attached to an aromatic ring is 1. The summed E-state index contributed by atoms with van der Waals surface area (Å²) in [4.78, 5) is 27.1. The topological polar surface area (TPSA) is 68.3 Å². The van der Waals surface area contributed by atoms with Crippen LogP contribution in [0.15, 0.2) is 34.6 Å². The normalized spacial score (nSPS) is 14.1. The first-order chi connectivity index (χ1) is 9.63. The van der Waals surface area contributed by atoms with Crippen molar-refractivity contribution in [1.82, 2.24) is 9.47 Å². The molecule has 3 heterocycles. The van der Waals surface area contributed by atoms with Crippen molar-refractivity contribution in [3.8, 4) is 0 Å². The Balaban J connectivity index is 1.74. The summed E-state index contributed by atoms with van der Waals surface area (Å²) < 4.78 is 1.36. The molecule has 104 valence electrons. The zero-order chi connectivity index (χ0) is 14.1. The van der Waals surface area contributed by atoms with Crippen LogP contribution in [0.3, 0.4) is 0 Å². The van der Waals surface area contributed by atoms with E-state index in [1.54, 1.807) is 22.3 Å². The van der Waals surface area contributed by atoms with E-state index in [9.17, 15) is 9.59 Å². The number of amides is 1. The Hall–Kier alpha value is -2.08. The quantitative estimate of drug-likeness (QED) is 0.899. The molecule has 0 saturated heterocycles. The van der Waals surface area contributed by atoms with Crippen LogP contribution in [0.25, 0.3) is 0 Å². The van der Waals surface area contributed by atoms with E-state index < -0.39 is 0 Å². The van der Waals surface area contributed by atoms with Gasteiger partial charge in [0.25, 0.3) is 5.56 Å². The van der Waals surface area contributed by atoms with Crippen molar-refractivity contribution in [1.29, 1.82) is 0 Å². The van der Waals surface area contributed by atoms with E-state index in [-0.39, 0.29) is 18.0 Å². The van der Waals surface area contributed by atoms with Gasteiger partial charge in [-0.15, -0.1) is 11.3 Å². The van der Waals surface area contributed by atoms with Crippen molar-refractivity contribution in [2.75, 3.05) is 12.3 Å². The number of carbonyl (C=O) groups excluding carboxylic acids is 1. The standard InChI is InChI=1S/C14H15N3O2S/c15-11-1-2-13(18)17(8-11)9-14(19)16-5-3-12-10(7-16)4-6-20-12/h1-2,4,6,8H,3,5,7,9,15H2. The molecule has 5 nitrogen and oxygen atoms in total. The lowest BCUT2D eigenvalue weighted by molar-refractivity contribution is -0.132. The van der Waals surface area contributed by atoms with Crippen molar-refractivity contribution in [3.05, 3.63) is 50.6 Å². The van der Waals surface area contributed by atoms with Gasteiger partial charge >= 0.3 is 0 Å². The smallest absolute Gasteiger partial charge is 0.251 e. The fraction of sp³-hybridized carbons (Fsp3) is 0.286. The van der Waals surface area contributed by atoms with Crippen molar-refractivity contribution >= 4 is 22.9 Å². The van der Waals surface area contributed by atoms with E-state index in [2.05, 4.69) is 11.4 Å². The molecule has 0 saturated carbocycles. The first-order valence-electron chi connectivity index (χ1n) is 6.42. The molecule has 0 fully saturated rings. The molecule has 0 aliphatic carbocycles. The molecule has 0 atom stereocenters. The number of carbonyl (C=O) groups is 1. The second-order valence-electron chi connectivity index (χ2n) is 4.86. The third kappa shape index (κ3) is 2.46. The van der Waals surface area contributed by atoms with Crippen LogP contribution >= 0.6 is 11.3 Å². The van der Waals surface area contributed by atoms with Crippen LogP contribution in [-0.2, 0) is 24.3 Å². The SMILES string of the molecule is Nc1ccc(=O)n(CC(=O)N2CCc3sccc3C2)c1. The van der Waals surface area contributed by atoms with Gasteiger partial charge in [-0.05, 0) is 29.5 Å². The van der Waals surface area contributed by atoms with Gasteiger partial charge in [-0.2, -0.15) is 0 Å². The lowest BCUT2D eigenvalue weighted by Gasteiger charge is -2.27. The second-order valence-corrected chi connectivity index (χ2v) is 5.86. The van der Waals surface area contributed by atoms with Gasteiger partial charge in [0.15, 0.2) is 0 Å². The van der Waals surface area contributed by atoms with Gasteiger partial charge in [-0.1, -0.05) is 0 Å². The molecule has 2 N–H and O–H groups in total. The van der Waals surface area contributed by atoms with Crippen LogP contribution < -0.4 is 11.3 Å². The maximum Gasteiger partial charge on any atom is 0.251 e. The Kier molecular flexibility index (Phi) is 3.31. The van der Waals surface area contributed by atoms with Crippen molar-refractivity contribution in [2.24, 2.45) is 0 Å². The largest absolute Gasteiger partial charge is 0.398 e. The number of hydrogen-bond acceptors (Lipinski definition) is 4. The molecular weight excluding hydrogens is 274 g/mol. The highest BCUT2D eigenvalue weighted by Crippen LogP contribution is 2.24. The van der Waals surface area contributed by atoms with Gasteiger partial charge in [0, 0.05) is 35.9 Å². The number of nitrogens with zero attached hydrogens (tertiary/aromatic N) is 2. The third-order valence-electron chi connectivity index (χ3n) is 3.47. The lowest BCUT2D eigenvalue weighted by Crippen LogP contribution is -2.39. The fourth-order valence-electron chi connectivity index (χ4n) is 2.38. The number of rotatable bonds is 2. The summed E-state index contributed by atoms with van der Waals surface area (Å²) in [5.74, 6) is -0.0467. The van der Waals surface area contributed by atoms with Gasteiger partial charge in [0.05, 0.1) is 0 Å². The molecular formula is C14H15N3O2S. The number of anilines is 1. The summed E-state index contributed by atoms with van der Waals surface area (Å²) in [5, 5.41) is 2.06. The Morgan fingerprint density at radius 1 is 1.35 bits per heavy atom. The highest BCUT2D eigenvalue weighted by Gasteiger charge is 2.21. The minimum atomic E-state index is -0.208. The van der Waals surface area contributed by atoms with Gasteiger partial charge in [0.2, 0.25) is 5.91 Å². The van der Waals surface area contributed by atoms with E-state index in [0.29, 0.717) is 18.8 Å². The average Bonchev–Trinajstić information content (AvgIpc) is 2.90. The highest BCUT2D eigenvalue weighted by molar-refractivity contribution is 7.10. The molecule has 0 bridgehead atoms. The zero-order valence-corrected chi connectivity index (χ0v) is 11.7. The second kappa shape index (κ2) is 5.13. The monoisotopic (exact) mass is 289 g/mol. The van der Waals surface area contributed by atoms with Crippen LogP contribution in [-0.4, -0.2) is 21.9 Å². The summed E-state index contributed by atoms with van der Waals surface area (Å²) in [5.41, 5.74) is 7.14. The van der Waals surface area contributed by atoms with Crippen molar-refractivity contribution in [2.45, 2.75) is 19.5 Å². The first-order valence-corrected chi connectivity index (χ1v) is 7.30. The van der Waals surface area contributed by atoms with E-state index in [1.165, 1.54) is 27.3 Å². The molecule has 0 radical (unpaired) electrons. The molecule has 0 unspecified atom stereocenters. The molecule has 1 aliphatic rings. The van der Waals surface area contributed by atoms with E-state index in [4.69, 9.17) is 5.73 Å². The Bertz CT molecular complexity index is 704. The van der Waals surface area contributed by atoms with Gasteiger partial charge < -0.3 is 15.2 Å². The molecule has 0 aromatic carbocycles. The van der Waals surface area contributed by atoms with E-state index in [1.807, 2.05) is 0 Å². The average molecular weight is 289 g/mol. The molecule has 20 heavy (non-hydrogen) atoms. The molecule has 0 spiro atoms. The number of fused-ring (bicyclic) bond motifs is 1. The Morgan fingerprint density at radius 2 is 2.20 bits per heavy atom. The minimum Gasteiger partial charge on any atom is -0.398 e. The van der Waals surface area contributed by atoms with E-state index >= 15 is 0 Å². The maximum absolute atomic E-state index is 12.3. The fourth-order valence-corrected chi connectivity index (χ4v) is 3.27. The lowest BCUT2D eigenvalue weighted by atomic mass is 10.1. The number of nitrogens with two attached hydrogens (primary N) is 1.